The summed E-state index contributed by atoms with van der Waals surface area (Å²) in [7, 11) is -1.34. The molecule has 0 aliphatic heterocycles. The SMILES string of the molecule is C[Si](C)(C)C#Cc1cnnc2ccccc12. The predicted molar refractivity (Wildman–Crippen MR) is 69.8 cm³/mol. The summed E-state index contributed by atoms with van der Waals surface area (Å²) in [6.45, 7) is 6.70. The second kappa shape index (κ2) is 4.07. The van der Waals surface area contributed by atoms with E-state index in [0.717, 1.165) is 16.5 Å². The maximum absolute atomic E-state index is 4.08. The van der Waals surface area contributed by atoms with Gasteiger partial charge < -0.3 is 0 Å². The van der Waals surface area contributed by atoms with Crippen LogP contribution in [0.2, 0.25) is 19.6 Å². The van der Waals surface area contributed by atoms with Gasteiger partial charge in [-0.2, -0.15) is 10.2 Å². The van der Waals surface area contributed by atoms with Crippen molar-refractivity contribution in [2.75, 3.05) is 0 Å². The summed E-state index contributed by atoms with van der Waals surface area (Å²) in [6, 6.07) is 7.97. The van der Waals surface area contributed by atoms with E-state index in [2.05, 4.69) is 41.3 Å². The van der Waals surface area contributed by atoms with Crippen LogP contribution in [-0.2, 0) is 0 Å². The van der Waals surface area contributed by atoms with Gasteiger partial charge in [0.2, 0.25) is 0 Å². The summed E-state index contributed by atoms with van der Waals surface area (Å²) >= 11 is 0. The molecule has 0 N–H and O–H groups in total. The summed E-state index contributed by atoms with van der Waals surface area (Å²) in [6.07, 6.45) is 1.75. The first-order valence-electron chi connectivity index (χ1n) is 5.30. The van der Waals surface area contributed by atoms with Gasteiger partial charge in [0.05, 0.1) is 17.3 Å². The minimum Gasteiger partial charge on any atom is -0.157 e. The molecule has 0 radical (unpaired) electrons. The third-order valence-corrected chi connectivity index (χ3v) is 2.99. The van der Waals surface area contributed by atoms with Gasteiger partial charge in [0.25, 0.3) is 0 Å². The number of benzene rings is 1. The first kappa shape index (κ1) is 10.8. The molecular formula is C13H14N2Si. The van der Waals surface area contributed by atoms with E-state index in [1.807, 2.05) is 24.3 Å². The Hall–Kier alpha value is -1.66. The number of hydrogen-bond donors (Lipinski definition) is 0. The fraction of sp³-hybridized carbons (Fsp3) is 0.231. The molecule has 3 heteroatoms. The van der Waals surface area contributed by atoms with Crippen molar-refractivity contribution in [1.29, 1.82) is 0 Å². The molecule has 0 saturated carbocycles. The van der Waals surface area contributed by atoms with E-state index < -0.39 is 8.07 Å². The second-order valence-corrected chi connectivity index (χ2v) is 9.53. The first-order chi connectivity index (χ1) is 7.56. The van der Waals surface area contributed by atoms with Crippen molar-refractivity contribution in [3.05, 3.63) is 36.0 Å². The van der Waals surface area contributed by atoms with E-state index in [0.29, 0.717) is 0 Å². The zero-order valence-electron chi connectivity index (χ0n) is 9.78. The number of nitrogens with zero attached hydrogens (tertiary/aromatic N) is 2. The standard InChI is InChI=1S/C13H14N2Si/c1-16(2,3)9-8-11-10-14-15-13-7-5-4-6-12(11)13/h4-7,10H,1-3H3. The minimum atomic E-state index is -1.34. The van der Waals surface area contributed by atoms with Crippen LogP contribution in [0.4, 0.5) is 0 Å². The highest BCUT2D eigenvalue weighted by Crippen LogP contribution is 2.13. The van der Waals surface area contributed by atoms with Gasteiger partial charge >= 0.3 is 0 Å². The van der Waals surface area contributed by atoms with Gasteiger partial charge in [-0.3, -0.25) is 0 Å². The summed E-state index contributed by atoms with van der Waals surface area (Å²) in [5.74, 6) is 3.24. The van der Waals surface area contributed by atoms with E-state index >= 15 is 0 Å². The smallest absolute Gasteiger partial charge is 0.129 e. The Morgan fingerprint density at radius 1 is 1.12 bits per heavy atom. The Bertz CT molecular complexity index is 568. The molecule has 0 spiro atoms. The van der Waals surface area contributed by atoms with Gasteiger partial charge in [0.15, 0.2) is 0 Å². The highest BCUT2D eigenvalue weighted by Gasteiger charge is 2.08. The van der Waals surface area contributed by atoms with Gasteiger partial charge in [0.1, 0.15) is 8.07 Å². The Balaban J connectivity index is 2.56. The minimum absolute atomic E-state index is 0.907. The van der Waals surface area contributed by atoms with Crippen molar-refractivity contribution in [3.63, 3.8) is 0 Å². The lowest BCUT2D eigenvalue weighted by Crippen LogP contribution is -2.16. The Morgan fingerprint density at radius 2 is 1.88 bits per heavy atom. The lowest BCUT2D eigenvalue weighted by atomic mass is 10.1. The molecule has 0 amide bonds. The molecule has 1 heterocycles. The molecule has 1 aromatic carbocycles. The fourth-order valence-electron chi connectivity index (χ4n) is 1.36. The van der Waals surface area contributed by atoms with Crippen LogP contribution in [0.25, 0.3) is 10.9 Å². The Kier molecular flexibility index (Phi) is 2.76. The van der Waals surface area contributed by atoms with Crippen LogP contribution in [0.15, 0.2) is 30.5 Å². The first-order valence-corrected chi connectivity index (χ1v) is 8.80. The predicted octanol–water partition coefficient (Wildman–Crippen LogP) is 2.86. The largest absolute Gasteiger partial charge is 0.157 e. The van der Waals surface area contributed by atoms with Gasteiger partial charge in [-0.1, -0.05) is 43.8 Å². The summed E-state index contributed by atoms with van der Waals surface area (Å²) in [4.78, 5) is 0. The topological polar surface area (TPSA) is 25.8 Å². The van der Waals surface area contributed by atoms with Crippen LogP contribution in [0.3, 0.4) is 0 Å². The maximum Gasteiger partial charge on any atom is 0.129 e. The molecule has 0 bridgehead atoms. The van der Waals surface area contributed by atoms with E-state index in [1.165, 1.54) is 0 Å². The molecule has 1 aromatic heterocycles. The van der Waals surface area contributed by atoms with Crippen LogP contribution in [-0.4, -0.2) is 18.3 Å². The highest BCUT2D eigenvalue weighted by molar-refractivity contribution is 6.83. The Morgan fingerprint density at radius 3 is 2.62 bits per heavy atom. The normalized spacial score (nSPS) is 10.9. The van der Waals surface area contributed by atoms with Crippen LogP contribution in [0.5, 0.6) is 0 Å². The van der Waals surface area contributed by atoms with Crippen molar-refractivity contribution in [1.82, 2.24) is 10.2 Å². The van der Waals surface area contributed by atoms with Crippen LogP contribution < -0.4 is 0 Å². The summed E-state index contributed by atoms with van der Waals surface area (Å²) < 4.78 is 0. The van der Waals surface area contributed by atoms with Gasteiger partial charge in [-0.25, -0.2) is 0 Å². The van der Waals surface area contributed by atoms with Crippen molar-refractivity contribution in [2.24, 2.45) is 0 Å². The Labute approximate surface area is 96.7 Å². The van der Waals surface area contributed by atoms with E-state index in [9.17, 15) is 0 Å². The molecule has 2 rings (SSSR count). The summed E-state index contributed by atoms with van der Waals surface area (Å²) in [5, 5.41) is 9.14. The third-order valence-electron chi connectivity index (χ3n) is 2.12. The summed E-state index contributed by atoms with van der Waals surface area (Å²) in [5.41, 5.74) is 5.24. The average Bonchev–Trinajstić information content (AvgIpc) is 2.25. The molecule has 16 heavy (non-hydrogen) atoms. The quantitative estimate of drug-likeness (QED) is 0.510. The molecule has 0 fully saturated rings. The van der Waals surface area contributed by atoms with E-state index in [-0.39, 0.29) is 0 Å². The molecule has 0 atom stereocenters. The lowest BCUT2D eigenvalue weighted by molar-refractivity contribution is 1.07. The van der Waals surface area contributed by atoms with Crippen LogP contribution in [0.1, 0.15) is 5.56 Å². The molecule has 0 unspecified atom stereocenters. The van der Waals surface area contributed by atoms with Crippen LogP contribution in [0, 0.1) is 11.5 Å². The molecule has 0 aliphatic rings. The second-order valence-electron chi connectivity index (χ2n) is 4.78. The lowest BCUT2D eigenvalue weighted by Gasteiger charge is -2.04. The molecule has 2 aromatic rings. The number of hydrogen-bond acceptors (Lipinski definition) is 2. The monoisotopic (exact) mass is 226 g/mol. The van der Waals surface area contributed by atoms with E-state index in [4.69, 9.17) is 0 Å². The van der Waals surface area contributed by atoms with Crippen molar-refractivity contribution < 1.29 is 0 Å². The molecular weight excluding hydrogens is 212 g/mol. The van der Waals surface area contributed by atoms with Gasteiger partial charge in [-0.15, -0.1) is 5.54 Å². The maximum atomic E-state index is 4.08. The van der Waals surface area contributed by atoms with E-state index in [1.54, 1.807) is 6.20 Å². The highest BCUT2D eigenvalue weighted by atomic mass is 28.3. The number of aromatic nitrogens is 2. The zero-order chi connectivity index (χ0) is 11.6. The van der Waals surface area contributed by atoms with Gasteiger partial charge in [0, 0.05) is 5.39 Å². The number of fused-ring (bicyclic) bond motifs is 1. The van der Waals surface area contributed by atoms with Crippen molar-refractivity contribution >= 4 is 19.0 Å². The average molecular weight is 226 g/mol. The molecule has 0 aliphatic carbocycles. The zero-order valence-corrected chi connectivity index (χ0v) is 10.8. The fourth-order valence-corrected chi connectivity index (χ4v) is 1.87. The van der Waals surface area contributed by atoms with Crippen LogP contribution >= 0.6 is 0 Å². The molecule has 80 valence electrons. The van der Waals surface area contributed by atoms with Crippen molar-refractivity contribution in [2.45, 2.75) is 19.6 Å². The van der Waals surface area contributed by atoms with Crippen molar-refractivity contribution in [3.8, 4) is 11.5 Å². The number of rotatable bonds is 0. The third kappa shape index (κ3) is 2.47. The van der Waals surface area contributed by atoms with Gasteiger partial charge in [-0.05, 0) is 6.07 Å². The molecule has 0 saturated heterocycles. The molecule has 2 nitrogen and oxygen atoms in total.